The molecule has 0 aromatic carbocycles. The van der Waals surface area contributed by atoms with Crippen molar-refractivity contribution in [3.05, 3.63) is 18.4 Å². The highest BCUT2D eigenvalue weighted by atomic mass is 16.1. The van der Waals surface area contributed by atoms with E-state index in [-0.39, 0.29) is 11.7 Å². The van der Waals surface area contributed by atoms with E-state index in [1.54, 1.807) is 19.1 Å². The fraction of sp³-hybridized carbons (Fsp3) is 0.375. The van der Waals surface area contributed by atoms with E-state index in [2.05, 4.69) is 12.3 Å². The van der Waals surface area contributed by atoms with Gasteiger partial charge in [-0.2, -0.15) is 5.26 Å². The first-order chi connectivity index (χ1) is 4.72. The molecule has 10 heavy (non-hydrogen) atoms. The van der Waals surface area contributed by atoms with Crippen molar-refractivity contribution in [3.63, 3.8) is 0 Å². The largest absolute Gasteiger partial charge is 0.282 e. The van der Waals surface area contributed by atoms with Crippen molar-refractivity contribution in [2.45, 2.75) is 13.3 Å². The molecule has 2 heteroatoms. The summed E-state index contributed by atoms with van der Waals surface area (Å²) in [7, 11) is 0. The minimum absolute atomic E-state index is 0.223. The van der Waals surface area contributed by atoms with Crippen LogP contribution in [0, 0.1) is 17.2 Å². The average Bonchev–Trinajstić information content (AvgIpc) is 1.98. The summed E-state index contributed by atoms with van der Waals surface area (Å²) >= 11 is 0. The van der Waals surface area contributed by atoms with E-state index >= 15 is 0 Å². The minimum Gasteiger partial charge on any atom is -0.282 e. The molecule has 0 N–H and O–H groups in total. The summed E-state index contributed by atoms with van der Waals surface area (Å²) in [6, 6.07) is 1.57. The van der Waals surface area contributed by atoms with Gasteiger partial charge in [-0.1, -0.05) is 13.5 Å². The molecule has 0 rings (SSSR count). The highest BCUT2D eigenvalue weighted by Gasteiger charge is 2.08. The molecule has 0 aliphatic heterocycles. The van der Waals surface area contributed by atoms with Crippen molar-refractivity contribution in [2.75, 3.05) is 0 Å². The number of hydrogen-bond donors (Lipinski definition) is 0. The van der Waals surface area contributed by atoms with Crippen molar-refractivity contribution < 1.29 is 4.79 Å². The Hall–Kier alpha value is -1.32. The van der Waals surface area contributed by atoms with Gasteiger partial charge in [0.1, 0.15) is 6.07 Å². The molecule has 0 radical (unpaired) electrons. The zero-order valence-corrected chi connectivity index (χ0v) is 5.92. The highest BCUT2D eigenvalue weighted by molar-refractivity contribution is 5.94. The summed E-state index contributed by atoms with van der Waals surface area (Å²) in [4.78, 5) is 10.6. The van der Waals surface area contributed by atoms with Gasteiger partial charge in [-0.3, -0.25) is 4.79 Å². The SMILES string of the molecule is C=C=CCC(C)C(=O)C#N. The molecule has 0 aliphatic carbocycles. The van der Waals surface area contributed by atoms with Gasteiger partial charge in [0.05, 0.1) is 0 Å². The molecule has 0 aromatic rings. The highest BCUT2D eigenvalue weighted by Crippen LogP contribution is 2.02. The lowest BCUT2D eigenvalue weighted by Crippen LogP contribution is -2.06. The van der Waals surface area contributed by atoms with Crippen LogP contribution in [-0.4, -0.2) is 5.78 Å². The first-order valence-corrected chi connectivity index (χ1v) is 3.00. The molecule has 2 nitrogen and oxygen atoms in total. The molecule has 0 fully saturated rings. The van der Waals surface area contributed by atoms with E-state index in [4.69, 9.17) is 5.26 Å². The Morgan fingerprint density at radius 2 is 2.50 bits per heavy atom. The Morgan fingerprint density at radius 3 is 2.90 bits per heavy atom. The minimum atomic E-state index is -0.383. The van der Waals surface area contributed by atoms with E-state index in [1.807, 2.05) is 0 Å². The summed E-state index contributed by atoms with van der Waals surface area (Å²) in [5.41, 5.74) is 2.54. The van der Waals surface area contributed by atoms with Crippen LogP contribution >= 0.6 is 0 Å². The van der Waals surface area contributed by atoms with E-state index < -0.39 is 0 Å². The third-order valence-electron chi connectivity index (χ3n) is 1.17. The van der Waals surface area contributed by atoms with Crippen molar-refractivity contribution in [3.8, 4) is 6.07 Å². The summed E-state index contributed by atoms with van der Waals surface area (Å²) < 4.78 is 0. The first-order valence-electron chi connectivity index (χ1n) is 3.00. The van der Waals surface area contributed by atoms with Gasteiger partial charge < -0.3 is 0 Å². The van der Waals surface area contributed by atoms with Gasteiger partial charge in [0.2, 0.25) is 5.78 Å². The molecule has 0 bridgehead atoms. The Balaban J connectivity index is 3.87. The number of ketones is 1. The number of nitrogens with zero attached hydrogens (tertiary/aromatic N) is 1. The van der Waals surface area contributed by atoms with E-state index in [0.717, 1.165) is 0 Å². The zero-order valence-electron chi connectivity index (χ0n) is 5.92. The number of carbonyl (C=O) groups is 1. The van der Waals surface area contributed by atoms with E-state index in [0.29, 0.717) is 6.42 Å². The predicted octanol–water partition coefficient (Wildman–Crippen LogP) is 1.45. The third-order valence-corrected chi connectivity index (χ3v) is 1.17. The lowest BCUT2D eigenvalue weighted by molar-refractivity contribution is -0.116. The van der Waals surface area contributed by atoms with Gasteiger partial charge in [-0.25, -0.2) is 0 Å². The number of hydrogen-bond acceptors (Lipinski definition) is 2. The molecular weight excluding hydrogens is 126 g/mol. The van der Waals surface area contributed by atoms with Gasteiger partial charge in [-0.05, 0) is 12.5 Å². The Kier molecular flexibility index (Phi) is 3.95. The monoisotopic (exact) mass is 135 g/mol. The Morgan fingerprint density at radius 1 is 1.90 bits per heavy atom. The average molecular weight is 135 g/mol. The zero-order chi connectivity index (χ0) is 7.98. The molecule has 0 saturated carbocycles. The lowest BCUT2D eigenvalue weighted by atomic mass is 10.0. The predicted molar refractivity (Wildman–Crippen MR) is 38.1 cm³/mol. The molecule has 0 amide bonds. The number of rotatable bonds is 3. The van der Waals surface area contributed by atoms with Crippen LogP contribution in [0.15, 0.2) is 18.4 Å². The normalized spacial score (nSPS) is 10.8. The maximum absolute atomic E-state index is 10.6. The van der Waals surface area contributed by atoms with Gasteiger partial charge in [0.15, 0.2) is 0 Å². The third kappa shape index (κ3) is 2.86. The molecule has 0 saturated heterocycles. The second-order valence-corrected chi connectivity index (χ2v) is 2.02. The fourth-order valence-corrected chi connectivity index (χ4v) is 0.477. The van der Waals surface area contributed by atoms with Gasteiger partial charge in [0.25, 0.3) is 0 Å². The van der Waals surface area contributed by atoms with Crippen LogP contribution in [0.25, 0.3) is 0 Å². The first kappa shape index (κ1) is 8.68. The van der Waals surface area contributed by atoms with Crippen molar-refractivity contribution in [1.82, 2.24) is 0 Å². The summed E-state index contributed by atoms with van der Waals surface area (Å²) in [6.07, 6.45) is 2.20. The standard InChI is InChI=1S/C8H9NO/c1-3-4-5-7(2)8(10)6-9/h4,7H,1,5H2,2H3. The van der Waals surface area contributed by atoms with Gasteiger partial charge in [-0.15, -0.1) is 5.73 Å². The van der Waals surface area contributed by atoms with Crippen LogP contribution in [0.2, 0.25) is 0 Å². The van der Waals surface area contributed by atoms with Crippen molar-refractivity contribution >= 4 is 5.78 Å². The second-order valence-electron chi connectivity index (χ2n) is 2.02. The van der Waals surface area contributed by atoms with Crippen LogP contribution < -0.4 is 0 Å². The van der Waals surface area contributed by atoms with E-state index in [9.17, 15) is 4.79 Å². The van der Waals surface area contributed by atoms with E-state index in [1.165, 1.54) is 0 Å². The Bertz CT molecular complexity index is 206. The molecule has 0 heterocycles. The van der Waals surface area contributed by atoms with Crippen LogP contribution in [0.1, 0.15) is 13.3 Å². The number of allylic oxidation sites excluding steroid dienone is 1. The number of nitriles is 1. The second kappa shape index (κ2) is 4.55. The van der Waals surface area contributed by atoms with Gasteiger partial charge in [0, 0.05) is 5.92 Å². The molecule has 52 valence electrons. The maximum atomic E-state index is 10.6. The van der Waals surface area contributed by atoms with Crippen molar-refractivity contribution in [1.29, 1.82) is 5.26 Å². The summed E-state index contributed by atoms with van der Waals surface area (Å²) in [6.45, 7) is 5.05. The smallest absolute Gasteiger partial charge is 0.235 e. The van der Waals surface area contributed by atoms with Crippen LogP contribution in [-0.2, 0) is 4.79 Å². The lowest BCUT2D eigenvalue weighted by Gasteiger charge is -1.97. The quantitative estimate of drug-likeness (QED) is 0.434. The molecule has 0 aliphatic rings. The summed E-state index contributed by atoms with van der Waals surface area (Å²) in [5, 5.41) is 8.16. The van der Waals surface area contributed by atoms with Crippen molar-refractivity contribution in [2.24, 2.45) is 5.92 Å². The molecule has 0 spiro atoms. The molecule has 0 aromatic heterocycles. The summed E-state index contributed by atoms with van der Waals surface area (Å²) in [5.74, 6) is -0.606. The topological polar surface area (TPSA) is 40.9 Å². The van der Waals surface area contributed by atoms with Gasteiger partial charge >= 0.3 is 0 Å². The van der Waals surface area contributed by atoms with Crippen LogP contribution in [0.4, 0.5) is 0 Å². The Labute approximate surface area is 60.5 Å². The number of Topliss-reactive ketones (excluding diaryl/α,β-unsaturated/α-hetero) is 1. The maximum Gasteiger partial charge on any atom is 0.235 e. The fourth-order valence-electron chi connectivity index (χ4n) is 0.477. The number of carbonyl (C=O) groups excluding carboxylic acids is 1. The molecule has 1 atom stereocenters. The molecular formula is C8H9NO. The molecule has 1 unspecified atom stereocenters. The van der Waals surface area contributed by atoms with Crippen LogP contribution in [0.3, 0.4) is 0 Å². The van der Waals surface area contributed by atoms with Crippen LogP contribution in [0.5, 0.6) is 0 Å².